The maximum Gasteiger partial charge on any atom is 0.151 e. The third kappa shape index (κ3) is 2.49. The number of nitrogens with two attached hydrogens (primary N) is 1. The third-order valence-corrected chi connectivity index (χ3v) is 3.12. The lowest BCUT2D eigenvalue weighted by molar-refractivity contribution is 0.0893. The van der Waals surface area contributed by atoms with Crippen molar-refractivity contribution in [3.05, 3.63) is 23.8 Å². The summed E-state index contributed by atoms with van der Waals surface area (Å²) in [7, 11) is 1.64. The van der Waals surface area contributed by atoms with E-state index in [1.807, 2.05) is 4.90 Å². The van der Waals surface area contributed by atoms with Crippen molar-refractivity contribution in [1.82, 2.24) is 0 Å². The minimum Gasteiger partial charge on any atom is -0.395 e. The highest BCUT2D eigenvalue weighted by Crippen LogP contribution is 2.29. The summed E-state index contributed by atoms with van der Waals surface area (Å²) < 4.78 is 31.8. The SMILES string of the molecule is COC1CCCN(c2cc(F)cc(F)c2N)C1. The van der Waals surface area contributed by atoms with Crippen molar-refractivity contribution in [2.75, 3.05) is 30.8 Å². The molecule has 94 valence electrons. The van der Waals surface area contributed by atoms with Crippen LogP contribution < -0.4 is 10.6 Å². The summed E-state index contributed by atoms with van der Waals surface area (Å²) in [4.78, 5) is 1.87. The molecular weight excluding hydrogens is 226 g/mol. The molecule has 1 heterocycles. The van der Waals surface area contributed by atoms with E-state index in [-0.39, 0.29) is 11.8 Å². The van der Waals surface area contributed by atoms with Crippen LogP contribution in [0.25, 0.3) is 0 Å². The van der Waals surface area contributed by atoms with Gasteiger partial charge in [0.2, 0.25) is 0 Å². The molecule has 1 aliphatic heterocycles. The molecule has 1 aromatic carbocycles. The highest BCUT2D eigenvalue weighted by Gasteiger charge is 2.22. The van der Waals surface area contributed by atoms with Gasteiger partial charge in [0.05, 0.1) is 17.5 Å². The Labute approximate surface area is 99.2 Å². The van der Waals surface area contributed by atoms with E-state index in [9.17, 15) is 8.78 Å². The number of nitrogen functional groups attached to an aromatic ring is 1. The molecule has 1 fully saturated rings. The fourth-order valence-electron chi connectivity index (χ4n) is 2.18. The van der Waals surface area contributed by atoms with Crippen molar-refractivity contribution in [3.8, 4) is 0 Å². The van der Waals surface area contributed by atoms with Gasteiger partial charge in [0.15, 0.2) is 5.82 Å². The van der Waals surface area contributed by atoms with Gasteiger partial charge in [-0.15, -0.1) is 0 Å². The Morgan fingerprint density at radius 3 is 2.88 bits per heavy atom. The summed E-state index contributed by atoms with van der Waals surface area (Å²) in [5, 5.41) is 0. The molecule has 0 bridgehead atoms. The monoisotopic (exact) mass is 242 g/mol. The molecule has 0 radical (unpaired) electrons. The molecule has 2 N–H and O–H groups in total. The average Bonchev–Trinajstić information content (AvgIpc) is 2.34. The Balaban J connectivity index is 2.27. The van der Waals surface area contributed by atoms with Gasteiger partial charge in [0.25, 0.3) is 0 Å². The van der Waals surface area contributed by atoms with E-state index in [0.717, 1.165) is 25.5 Å². The van der Waals surface area contributed by atoms with E-state index in [1.54, 1.807) is 7.11 Å². The summed E-state index contributed by atoms with van der Waals surface area (Å²) >= 11 is 0. The molecule has 0 amide bonds. The quantitative estimate of drug-likeness (QED) is 0.808. The number of nitrogens with zero attached hydrogens (tertiary/aromatic N) is 1. The normalized spacial score (nSPS) is 20.6. The number of rotatable bonds is 2. The maximum absolute atomic E-state index is 13.4. The fourth-order valence-corrected chi connectivity index (χ4v) is 2.18. The molecule has 1 aliphatic rings. The largest absolute Gasteiger partial charge is 0.395 e. The van der Waals surface area contributed by atoms with Gasteiger partial charge in [-0.25, -0.2) is 8.78 Å². The zero-order valence-corrected chi connectivity index (χ0v) is 9.75. The first-order valence-electron chi connectivity index (χ1n) is 5.64. The first kappa shape index (κ1) is 12.1. The Kier molecular flexibility index (Phi) is 3.47. The smallest absolute Gasteiger partial charge is 0.151 e. The van der Waals surface area contributed by atoms with Gasteiger partial charge in [-0.05, 0) is 18.9 Å². The van der Waals surface area contributed by atoms with Crippen molar-refractivity contribution in [2.45, 2.75) is 18.9 Å². The minimum absolute atomic E-state index is 0.00292. The van der Waals surface area contributed by atoms with Crippen LogP contribution in [0, 0.1) is 11.6 Å². The van der Waals surface area contributed by atoms with E-state index >= 15 is 0 Å². The summed E-state index contributed by atoms with van der Waals surface area (Å²) in [5.74, 6) is -1.31. The van der Waals surface area contributed by atoms with E-state index in [4.69, 9.17) is 10.5 Å². The number of piperidine rings is 1. The van der Waals surface area contributed by atoms with Crippen LogP contribution in [0.4, 0.5) is 20.2 Å². The Bertz CT molecular complexity index is 412. The highest BCUT2D eigenvalue weighted by atomic mass is 19.1. The van der Waals surface area contributed by atoms with Gasteiger partial charge in [-0.3, -0.25) is 0 Å². The summed E-state index contributed by atoms with van der Waals surface area (Å²) in [6, 6.07) is 2.08. The van der Waals surface area contributed by atoms with Crippen molar-refractivity contribution >= 4 is 11.4 Å². The number of methoxy groups -OCH3 is 1. The molecule has 0 spiro atoms. The molecule has 3 nitrogen and oxygen atoms in total. The van der Waals surface area contributed by atoms with Crippen molar-refractivity contribution in [2.24, 2.45) is 0 Å². The lowest BCUT2D eigenvalue weighted by atomic mass is 10.1. The van der Waals surface area contributed by atoms with Gasteiger partial charge in [-0.2, -0.15) is 0 Å². The van der Waals surface area contributed by atoms with Crippen molar-refractivity contribution < 1.29 is 13.5 Å². The number of anilines is 2. The summed E-state index contributed by atoms with van der Waals surface area (Å²) in [6.07, 6.45) is 1.98. The van der Waals surface area contributed by atoms with Gasteiger partial charge < -0.3 is 15.4 Å². The predicted molar refractivity (Wildman–Crippen MR) is 63.0 cm³/mol. The molecule has 1 atom stereocenters. The predicted octanol–water partition coefficient (Wildman–Crippen LogP) is 2.16. The number of halogens is 2. The molecule has 5 heteroatoms. The molecule has 0 aromatic heterocycles. The van der Waals surface area contributed by atoms with E-state index in [2.05, 4.69) is 0 Å². The molecule has 1 saturated heterocycles. The van der Waals surface area contributed by atoms with Gasteiger partial charge in [-0.1, -0.05) is 0 Å². The van der Waals surface area contributed by atoms with Crippen LogP contribution >= 0.6 is 0 Å². The van der Waals surface area contributed by atoms with E-state index in [1.165, 1.54) is 6.07 Å². The van der Waals surface area contributed by atoms with Crippen LogP contribution in [0.5, 0.6) is 0 Å². The average molecular weight is 242 g/mol. The Morgan fingerprint density at radius 2 is 2.18 bits per heavy atom. The fraction of sp³-hybridized carbons (Fsp3) is 0.500. The third-order valence-electron chi connectivity index (χ3n) is 3.12. The summed E-state index contributed by atoms with van der Waals surface area (Å²) in [5.41, 5.74) is 6.07. The second-order valence-electron chi connectivity index (χ2n) is 4.27. The van der Waals surface area contributed by atoms with E-state index in [0.29, 0.717) is 12.2 Å². The molecule has 1 unspecified atom stereocenters. The lowest BCUT2D eigenvalue weighted by Gasteiger charge is -2.34. The molecule has 2 rings (SSSR count). The van der Waals surface area contributed by atoms with Crippen LogP contribution in [0.15, 0.2) is 12.1 Å². The minimum atomic E-state index is -0.709. The number of ether oxygens (including phenoxy) is 1. The highest BCUT2D eigenvalue weighted by molar-refractivity contribution is 5.68. The van der Waals surface area contributed by atoms with Gasteiger partial charge in [0.1, 0.15) is 5.82 Å². The summed E-state index contributed by atoms with van der Waals surface area (Å²) in [6.45, 7) is 1.36. The molecule has 17 heavy (non-hydrogen) atoms. The Morgan fingerprint density at radius 1 is 1.41 bits per heavy atom. The first-order chi connectivity index (χ1) is 8.11. The molecular formula is C12H16F2N2O. The second kappa shape index (κ2) is 4.87. The van der Waals surface area contributed by atoms with Crippen LogP contribution in [-0.2, 0) is 4.74 Å². The molecule has 1 aromatic rings. The number of hydrogen-bond donors (Lipinski definition) is 1. The van der Waals surface area contributed by atoms with Crippen LogP contribution in [0.3, 0.4) is 0 Å². The topological polar surface area (TPSA) is 38.5 Å². The molecule has 0 saturated carbocycles. The lowest BCUT2D eigenvalue weighted by Crippen LogP contribution is -2.39. The standard InChI is InChI=1S/C12H16F2N2O/c1-17-9-3-2-4-16(7-9)11-6-8(13)5-10(14)12(11)15/h5-6,9H,2-4,7,15H2,1H3. The Hall–Kier alpha value is -1.36. The zero-order valence-electron chi connectivity index (χ0n) is 9.75. The maximum atomic E-state index is 13.4. The van der Waals surface area contributed by atoms with Crippen LogP contribution in [0.1, 0.15) is 12.8 Å². The zero-order chi connectivity index (χ0) is 12.4. The number of hydrogen-bond acceptors (Lipinski definition) is 3. The van der Waals surface area contributed by atoms with Crippen LogP contribution in [0.2, 0.25) is 0 Å². The first-order valence-corrected chi connectivity index (χ1v) is 5.64. The van der Waals surface area contributed by atoms with E-state index < -0.39 is 11.6 Å². The van der Waals surface area contributed by atoms with Crippen molar-refractivity contribution in [1.29, 1.82) is 0 Å². The van der Waals surface area contributed by atoms with Crippen molar-refractivity contribution in [3.63, 3.8) is 0 Å². The van der Waals surface area contributed by atoms with Crippen LogP contribution in [-0.4, -0.2) is 26.3 Å². The molecule has 0 aliphatic carbocycles. The van der Waals surface area contributed by atoms with Gasteiger partial charge >= 0.3 is 0 Å². The second-order valence-corrected chi connectivity index (χ2v) is 4.27. The van der Waals surface area contributed by atoms with Gasteiger partial charge in [0, 0.05) is 26.3 Å². The number of benzene rings is 1.